The van der Waals surface area contributed by atoms with Gasteiger partial charge in [-0.05, 0) is 56.7 Å². The van der Waals surface area contributed by atoms with Gasteiger partial charge in [0.2, 0.25) is 0 Å². The Labute approximate surface area is 120 Å². The molecule has 1 N–H and O–H groups in total. The Balaban J connectivity index is 2.27. The zero-order chi connectivity index (χ0) is 11.5. The van der Waals surface area contributed by atoms with Crippen molar-refractivity contribution in [1.82, 2.24) is 9.97 Å². The summed E-state index contributed by atoms with van der Waals surface area (Å²) in [4.78, 5) is 8.07. The zero-order valence-electron chi connectivity index (χ0n) is 7.92. The van der Waals surface area contributed by atoms with Gasteiger partial charge in [-0.2, -0.15) is 0 Å². The van der Waals surface area contributed by atoms with Crippen molar-refractivity contribution in [3.8, 4) is 0 Å². The Kier molecular flexibility index (Phi) is 3.99. The maximum Gasteiger partial charge on any atom is 0.134 e. The molecule has 2 aromatic rings. The number of nitrogens with zero attached hydrogens (tertiary/aromatic N) is 2. The molecule has 3 nitrogen and oxygen atoms in total. The van der Waals surface area contributed by atoms with Gasteiger partial charge in [-0.15, -0.1) is 0 Å². The highest BCUT2D eigenvalue weighted by Crippen LogP contribution is 2.25. The zero-order valence-corrected chi connectivity index (χ0v) is 12.4. The molecule has 0 aliphatic heterocycles. The van der Waals surface area contributed by atoms with Gasteiger partial charge in [0.1, 0.15) is 16.7 Å². The molecule has 0 atom stereocenters. The van der Waals surface area contributed by atoms with Crippen LogP contribution in [0.15, 0.2) is 35.2 Å². The van der Waals surface area contributed by atoms with Gasteiger partial charge < -0.3 is 5.32 Å². The molecule has 0 spiro atoms. The van der Waals surface area contributed by atoms with Crippen molar-refractivity contribution < 1.29 is 0 Å². The molecule has 2 rings (SSSR count). The molecule has 16 heavy (non-hydrogen) atoms. The molecule has 0 aliphatic carbocycles. The largest absolute Gasteiger partial charge is 0.339 e. The van der Waals surface area contributed by atoms with Crippen LogP contribution in [-0.2, 0) is 0 Å². The lowest BCUT2D eigenvalue weighted by molar-refractivity contribution is 1.14. The molecule has 0 unspecified atom stereocenters. The smallest absolute Gasteiger partial charge is 0.134 e. The first-order valence-electron chi connectivity index (χ1n) is 4.35. The van der Waals surface area contributed by atoms with Gasteiger partial charge in [-0.1, -0.05) is 11.6 Å². The minimum atomic E-state index is 0.721. The van der Waals surface area contributed by atoms with Crippen LogP contribution in [0.3, 0.4) is 0 Å². The number of hydrogen-bond donors (Lipinski definition) is 1. The SMILES string of the molecule is Clc1ccc(Nc2cc(Br)ncn2)c(I)c1. The fraction of sp³-hybridized carbons (Fsp3) is 0. The molecule has 1 aromatic carbocycles. The van der Waals surface area contributed by atoms with E-state index in [0.717, 1.165) is 24.7 Å². The first-order chi connectivity index (χ1) is 7.65. The van der Waals surface area contributed by atoms with Gasteiger partial charge in [-0.25, -0.2) is 9.97 Å². The van der Waals surface area contributed by atoms with E-state index < -0.39 is 0 Å². The van der Waals surface area contributed by atoms with Crippen LogP contribution in [0.2, 0.25) is 5.02 Å². The molecule has 0 radical (unpaired) electrons. The molecule has 1 heterocycles. The van der Waals surface area contributed by atoms with Crippen LogP contribution >= 0.6 is 50.1 Å². The molecule has 0 saturated carbocycles. The number of aromatic nitrogens is 2. The topological polar surface area (TPSA) is 37.8 Å². The predicted octanol–water partition coefficient (Wildman–Crippen LogP) is 4.24. The predicted molar refractivity (Wildman–Crippen MR) is 77.2 cm³/mol. The Morgan fingerprint density at radius 2 is 2.06 bits per heavy atom. The van der Waals surface area contributed by atoms with E-state index in [4.69, 9.17) is 11.6 Å². The van der Waals surface area contributed by atoms with Gasteiger partial charge in [0, 0.05) is 14.7 Å². The van der Waals surface area contributed by atoms with Crippen LogP contribution < -0.4 is 5.32 Å². The molecule has 6 heteroatoms. The van der Waals surface area contributed by atoms with Crippen LogP contribution in [0.5, 0.6) is 0 Å². The molecular formula is C10H6BrClIN3. The quantitative estimate of drug-likeness (QED) is 0.595. The normalized spacial score (nSPS) is 10.2. The first kappa shape index (κ1) is 12.1. The van der Waals surface area contributed by atoms with Crippen LogP contribution in [0.1, 0.15) is 0 Å². The Bertz CT molecular complexity index is 521. The molecule has 1 aromatic heterocycles. The summed E-state index contributed by atoms with van der Waals surface area (Å²) >= 11 is 11.4. The number of hydrogen-bond acceptors (Lipinski definition) is 3. The average molecular weight is 410 g/mol. The monoisotopic (exact) mass is 409 g/mol. The number of anilines is 2. The van der Waals surface area contributed by atoms with Crippen LogP contribution in [0, 0.1) is 3.57 Å². The van der Waals surface area contributed by atoms with E-state index in [0.29, 0.717) is 0 Å². The summed E-state index contributed by atoms with van der Waals surface area (Å²) in [7, 11) is 0. The maximum atomic E-state index is 5.88. The van der Waals surface area contributed by atoms with Gasteiger partial charge in [0.05, 0.1) is 5.69 Å². The first-order valence-corrected chi connectivity index (χ1v) is 6.60. The highest BCUT2D eigenvalue weighted by atomic mass is 127. The van der Waals surface area contributed by atoms with Crippen LogP contribution in [0.4, 0.5) is 11.5 Å². The summed E-state index contributed by atoms with van der Waals surface area (Å²) in [6.07, 6.45) is 1.50. The highest BCUT2D eigenvalue weighted by Gasteiger charge is 2.02. The number of benzene rings is 1. The van der Waals surface area contributed by atoms with Crippen molar-refractivity contribution in [2.24, 2.45) is 0 Å². The Morgan fingerprint density at radius 1 is 1.25 bits per heavy atom. The van der Waals surface area contributed by atoms with Crippen molar-refractivity contribution in [2.75, 3.05) is 5.32 Å². The fourth-order valence-corrected chi connectivity index (χ4v) is 2.45. The van der Waals surface area contributed by atoms with Crippen molar-refractivity contribution in [1.29, 1.82) is 0 Å². The van der Waals surface area contributed by atoms with E-state index in [1.807, 2.05) is 24.3 Å². The highest BCUT2D eigenvalue weighted by molar-refractivity contribution is 14.1. The average Bonchev–Trinajstić information content (AvgIpc) is 2.22. The second-order valence-electron chi connectivity index (χ2n) is 2.98. The van der Waals surface area contributed by atoms with E-state index in [-0.39, 0.29) is 0 Å². The second-order valence-corrected chi connectivity index (χ2v) is 5.39. The molecule has 0 fully saturated rings. The number of rotatable bonds is 2. The van der Waals surface area contributed by atoms with Crippen LogP contribution in [-0.4, -0.2) is 9.97 Å². The minimum Gasteiger partial charge on any atom is -0.339 e. The van der Waals surface area contributed by atoms with Gasteiger partial charge >= 0.3 is 0 Å². The molecule has 0 aliphatic rings. The lowest BCUT2D eigenvalue weighted by Crippen LogP contribution is -1.96. The minimum absolute atomic E-state index is 0.721. The third-order valence-corrected chi connectivity index (χ3v) is 3.39. The summed E-state index contributed by atoms with van der Waals surface area (Å²) in [5.41, 5.74) is 0.968. The maximum absolute atomic E-state index is 5.88. The molecule has 0 bridgehead atoms. The van der Waals surface area contributed by atoms with E-state index in [2.05, 4.69) is 53.8 Å². The molecular weight excluding hydrogens is 404 g/mol. The lowest BCUT2D eigenvalue weighted by Gasteiger charge is -2.07. The molecule has 0 amide bonds. The van der Waals surface area contributed by atoms with Crippen LogP contribution in [0.25, 0.3) is 0 Å². The number of nitrogens with one attached hydrogen (secondary N) is 1. The summed E-state index contributed by atoms with van der Waals surface area (Å²) in [5, 5.41) is 3.91. The Hall–Kier alpha value is -0.400. The molecule has 0 saturated heterocycles. The van der Waals surface area contributed by atoms with E-state index >= 15 is 0 Å². The Morgan fingerprint density at radius 3 is 2.75 bits per heavy atom. The van der Waals surface area contributed by atoms with Gasteiger partial charge in [0.25, 0.3) is 0 Å². The van der Waals surface area contributed by atoms with Crippen molar-refractivity contribution >= 4 is 61.6 Å². The third-order valence-electron chi connectivity index (χ3n) is 1.83. The van der Waals surface area contributed by atoms with Crippen molar-refractivity contribution in [2.45, 2.75) is 0 Å². The standard InChI is InChI=1S/C10H6BrClIN3/c11-9-4-10(15-5-14-9)16-8-2-1-6(12)3-7(8)13/h1-5H,(H,14,15,16). The van der Waals surface area contributed by atoms with E-state index in [1.54, 1.807) is 0 Å². The van der Waals surface area contributed by atoms with E-state index in [1.165, 1.54) is 6.33 Å². The summed E-state index contributed by atoms with van der Waals surface area (Å²) in [6.45, 7) is 0. The summed E-state index contributed by atoms with van der Waals surface area (Å²) < 4.78 is 1.79. The summed E-state index contributed by atoms with van der Waals surface area (Å²) in [5.74, 6) is 0.738. The fourth-order valence-electron chi connectivity index (χ4n) is 1.13. The second kappa shape index (κ2) is 5.29. The molecule has 82 valence electrons. The summed E-state index contributed by atoms with van der Waals surface area (Å²) in [6, 6.07) is 7.45. The van der Waals surface area contributed by atoms with E-state index in [9.17, 15) is 0 Å². The van der Waals surface area contributed by atoms with Crippen molar-refractivity contribution in [3.05, 3.63) is 43.8 Å². The number of halogens is 3. The third kappa shape index (κ3) is 3.05. The van der Waals surface area contributed by atoms with Gasteiger partial charge in [-0.3, -0.25) is 0 Å². The van der Waals surface area contributed by atoms with Crippen molar-refractivity contribution in [3.63, 3.8) is 0 Å². The van der Waals surface area contributed by atoms with Gasteiger partial charge in [0.15, 0.2) is 0 Å². The lowest BCUT2D eigenvalue weighted by atomic mass is 10.3.